The molecule has 0 saturated heterocycles. The highest BCUT2D eigenvalue weighted by atomic mass is 16.3. The average Bonchev–Trinajstić information content (AvgIpc) is 2.83. The van der Waals surface area contributed by atoms with Crippen molar-refractivity contribution in [3.63, 3.8) is 0 Å². The van der Waals surface area contributed by atoms with Crippen molar-refractivity contribution in [1.29, 1.82) is 5.26 Å². The van der Waals surface area contributed by atoms with Gasteiger partial charge in [-0.2, -0.15) is 5.26 Å². The van der Waals surface area contributed by atoms with Gasteiger partial charge >= 0.3 is 0 Å². The molecule has 0 saturated carbocycles. The van der Waals surface area contributed by atoms with Crippen LogP contribution in [0.3, 0.4) is 0 Å². The van der Waals surface area contributed by atoms with Crippen LogP contribution < -0.4 is 0 Å². The highest BCUT2D eigenvalue weighted by Crippen LogP contribution is 2.31. The molecule has 0 amide bonds. The van der Waals surface area contributed by atoms with Crippen molar-refractivity contribution in [3.05, 3.63) is 60.1 Å². The van der Waals surface area contributed by atoms with Gasteiger partial charge in [0.25, 0.3) is 0 Å². The molecule has 1 aromatic carbocycles. The monoisotopic (exact) mass is 197 g/mol. The number of furan rings is 1. The average molecular weight is 197 g/mol. The number of hydrogen-bond donors (Lipinski definition) is 0. The lowest BCUT2D eigenvalue weighted by Gasteiger charge is -2.19. The van der Waals surface area contributed by atoms with Crippen LogP contribution >= 0.6 is 0 Å². The SMILES string of the molecule is CC(C#N)(c1ccccc1)c1ccco1. The molecule has 15 heavy (non-hydrogen) atoms. The Labute approximate surface area is 88.8 Å². The van der Waals surface area contributed by atoms with E-state index >= 15 is 0 Å². The first-order valence-corrected chi connectivity index (χ1v) is 4.78. The molecule has 0 aliphatic heterocycles. The third-order valence-corrected chi connectivity index (χ3v) is 2.59. The van der Waals surface area contributed by atoms with E-state index < -0.39 is 5.41 Å². The summed E-state index contributed by atoms with van der Waals surface area (Å²) in [7, 11) is 0. The van der Waals surface area contributed by atoms with Crippen LogP contribution in [-0.2, 0) is 5.41 Å². The summed E-state index contributed by atoms with van der Waals surface area (Å²) in [6, 6.07) is 15.6. The highest BCUT2D eigenvalue weighted by molar-refractivity contribution is 5.40. The van der Waals surface area contributed by atoms with E-state index in [-0.39, 0.29) is 0 Å². The molecule has 2 nitrogen and oxygen atoms in total. The summed E-state index contributed by atoms with van der Waals surface area (Å²) >= 11 is 0. The van der Waals surface area contributed by atoms with E-state index in [0.717, 1.165) is 5.56 Å². The van der Waals surface area contributed by atoms with E-state index in [1.54, 1.807) is 12.3 Å². The number of benzene rings is 1. The van der Waals surface area contributed by atoms with E-state index in [1.807, 2.05) is 43.3 Å². The van der Waals surface area contributed by atoms with Gasteiger partial charge in [0.05, 0.1) is 12.3 Å². The Morgan fingerprint density at radius 2 is 1.87 bits per heavy atom. The van der Waals surface area contributed by atoms with Gasteiger partial charge in [-0.25, -0.2) is 0 Å². The van der Waals surface area contributed by atoms with Crippen molar-refractivity contribution in [2.45, 2.75) is 12.3 Å². The third kappa shape index (κ3) is 1.53. The highest BCUT2D eigenvalue weighted by Gasteiger charge is 2.31. The summed E-state index contributed by atoms with van der Waals surface area (Å²) in [4.78, 5) is 0. The van der Waals surface area contributed by atoms with Gasteiger partial charge < -0.3 is 4.42 Å². The first-order chi connectivity index (χ1) is 7.27. The van der Waals surface area contributed by atoms with Gasteiger partial charge in [-0.15, -0.1) is 0 Å². The molecule has 74 valence electrons. The van der Waals surface area contributed by atoms with Crippen molar-refractivity contribution in [2.75, 3.05) is 0 Å². The minimum atomic E-state index is -0.704. The molecule has 0 bridgehead atoms. The molecular weight excluding hydrogens is 186 g/mol. The molecule has 0 fully saturated rings. The summed E-state index contributed by atoms with van der Waals surface area (Å²) in [5.41, 5.74) is 0.243. The zero-order valence-electron chi connectivity index (χ0n) is 8.47. The molecule has 0 aliphatic carbocycles. The van der Waals surface area contributed by atoms with Crippen molar-refractivity contribution in [1.82, 2.24) is 0 Å². The maximum atomic E-state index is 9.30. The largest absolute Gasteiger partial charge is 0.467 e. The van der Waals surface area contributed by atoms with Crippen LogP contribution in [0.4, 0.5) is 0 Å². The van der Waals surface area contributed by atoms with Crippen LogP contribution in [0, 0.1) is 11.3 Å². The molecule has 2 heteroatoms. The van der Waals surface area contributed by atoms with Crippen LogP contribution in [-0.4, -0.2) is 0 Å². The summed E-state index contributed by atoms with van der Waals surface area (Å²) < 4.78 is 5.32. The van der Waals surface area contributed by atoms with E-state index in [9.17, 15) is 5.26 Å². The Kier molecular flexibility index (Phi) is 2.31. The standard InChI is InChI=1S/C13H11NO/c1-13(10-14,12-8-5-9-15-12)11-6-3-2-4-7-11/h2-9H,1H3. The zero-order valence-corrected chi connectivity index (χ0v) is 8.47. The third-order valence-electron chi connectivity index (χ3n) is 2.59. The van der Waals surface area contributed by atoms with Gasteiger partial charge in [0.15, 0.2) is 0 Å². The molecule has 2 rings (SSSR count). The number of rotatable bonds is 2. The van der Waals surface area contributed by atoms with Gasteiger partial charge in [0.2, 0.25) is 0 Å². The molecule has 1 heterocycles. The lowest BCUT2D eigenvalue weighted by atomic mass is 9.82. The van der Waals surface area contributed by atoms with Crippen LogP contribution in [0.1, 0.15) is 18.2 Å². The fourth-order valence-electron chi connectivity index (χ4n) is 1.60. The van der Waals surface area contributed by atoms with Crippen LogP contribution in [0.15, 0.2) is 53.1 Å². The van der Waals surface area contributed by atoms with Gasteiger partial charge in [-0.1, -0.05) is 30.3 Å². The Bertz CT molecular complexity index is 467. The molecule has 0 N–H and O–H groups in total. The molecule has 0 radical (unpaired) electrons. The molecule has 1 aromatic heterocycles. The number of nitriles is 1. The van der Waals surface area contributed by atoms with Gasteiger partial charge in [-0.3, -0.25) is 0 Å². The molecule has 0 aliphatic rings. The van der Waals surface area contributed by atoms with Crippen molar-refractivity contribution < 1.29 is 4.42 Å². The summed E-state index contributed by atoms with van der Waals surface area (Å²) in [6.07, 6.45) is 1.59. The molecule has 0 spiro atoms. The van der Waals surface area contributed by atoms with E-state index in [0.29, 0.717) is 5.76 Å². The number of nitrogens with zero attached hydrogens (tertiary/aromatic N) is 1. The van der Waals surface area contributed by atoms with Gasteiger partial charge in [-0.05, 0) is 24.6 Å². The number of hydrogen-bond acceptors (Lipinski definition) is 2. The maximum Gasteiger partial charge on any atom is 0.137 e. The molecular formula is C13H11NO. The fourth-order valence-corrected chi connectivity index (χ4v) is 1.60. The topological polar surface area (TPSA) is 36.9 Å². The van der Waals surface area contributed by atoms with Crippen molar-refractivity contribution in [3.8, 4) is 6.07 Å². The van der Waals surface area contributed by atoms with Crippen LogP contribution in [0.5, 0.6) is 0 Å². The predicted octanol–water partition coefficient (Wildman–Crippen LogP) is 3.11. The van der Waals surface area contributed by atoms with Crippen molar-refractivity contribution in [2.24, 2.45) is 0 Å². The zero-order chi connectivity index (χ0) is 10.7. The van der Waals surface area contributed by atoms with Crippen LogP contribution in [0.2, 0.25) is 0 Å². The summed E-state index contributed by atoms with van der Waals surface area (Å²) in [5.74, 6) is 0.677. The Balaban J connectivity index is 2.53. The minimum absolute atomic E-state index is 0.677. The van der Waals surface area contributed by atoms with E-state index in [2.05, 4.69) is 6.07 Å². The lowest BCUT2D eigenvalue weighted by Crippen LogP contribution is -2.20. The fraction of sp³-hybridized carbons (Fsp3) is 0.154. The molecule has 1 unspecified atom stereocenters. The second-order valence-electron chi connectivity index (χ2n) is 3.58. The van der Waals surface area contributed by atoms with E-state index in [4.69, 9.17) is 4.42 Å². The Morgan fingerprint density at radius 1 is 1.13 bits per heavy atom. The second kappa shape index (κ2) is 3.62. The first kappa shape index (κ1) is 9.54. The molecule has 1 atom stereocenters. The first-order valence-electron chi connectivity index (χ1n) is 4.78. The van der Waals surface area contributed by atoms with Gasteiger partial charge in [0.1, 0.15) is 11.2 Å². The molecule has 2 aromatic rings. The summed E-state index contributed by atoms with van der Waals surface area (Å²) in [5, 5.41) is 9.30. The maximum absolute atomic E-state index is 9.30. The van der Waals surface area contributed by atoms with Crippen LogP contribution in [0.25, 0.3) is 0 Å². The normalized spacial score (nSPS) is 14.1. The minimum Gasteiger partial charge on any atom is -0.467 e. The van der Waals surface area contributed by atoms with Gasteiger partial charge in [0, 0.05) is 0 Å². The second-order valence-corrected chi connectivity index (χ2v) is 3.58. The quantitative estimate of drug-likeness (QED) is 0.741. The van der Waals surface area contributed by atoms with E-state index in [1.165, 1.54) is 0 Å². The summed E-state index contributed by atoms with van der Waals surface area (Å²) in [6.45, 7) is 1.86. The smallest absolute Gasteiger partial charge is 0.137 e. The predicted molar refractivity (Wildman–Crippen MR) is 57.2 cm³/mol. The Hall–Kier alpha value is -2.01. The van der Waals surface area contributed by atoms with Crippen molar-refractivity contribution >= 4 is 0 Å². The lowest BCUT2D eigenvalue weighted by molar-refractivity contribution is 0.459. The Morgan fingerprint density at radius 3 is 2.40 bits per heavy atom.